The van der Waals surface area contributed by atoms with E-state index in [4.69, 9.17) is 4.74 Å². The zero-order valence-electron chi connectivity index (χ0n) is 12.7. The van der Waals surface area contributed by atoms with Crippen LogP contribution in [0, 0.1) is 11.8 Å². The molecule has 0 spiro atoms. The highest BCUT2D eigenvalue weighted by Crippen LogP contribution is 2.28. The first kappa shape index (κ1) is 14.8. The highest BCUT2D eigenvalue weighted by atomic mass is 16.5. The Labute approximate surface area is 116 Å². The first-order valence-corrected chi connectivity index (χ1v) is 7.72. The van der Waals surface area contributed by atoms with E-state index in [1.165, 1.54) is 0 Å². The van der Waals surface area contributed by atoms with Gasteiger partial charge in [-0.1, -0.05) is 27.2 Å². The molecule has 0 aromatic rings. The molecular weight excluding hydrogens is 240 g/mol. The lowest BCUT2D eigenvalue weighted by atomic mass is 9.97. The lowest BCUT2D eigenvalue weighted by Crippen LogP contribution is -2.49. The van der Waals surface area contributed by atoms with Gasteiger partial charge in [0, 0.05) is 18.6 Å². The summed E-state index contributed by atoms with van der Waals surface area (Å²) in [6, 6.07) is 0.291. The number of carbonyl (C=O) groups is 1. The molecule has 0 radical (unpaired) electrons. The zero-order valence-corrected chi connectivity index (χ0v) is 12.7. The molecule has 2 fully saturated rings. The summed E-state index contributed by atoms with van der Waals surface area (Å²) in [7, 11) is 0. The smallest absolute Gasteiger partial charge is 0.241 e. The number of carbonyl (C=O) groups excluding carboxylic acids is 1. The second kappa shape index (κ2) is 6.23. The molecule has 4 nitrogen and oxygen atoms in total. The fourth-order valence-electron chi connectivity index (χ4n) is 3.30. The van der Waals surface area contributed by atoms with Gasteiger partial charge in [0.1, 0.15) is 0 Å². The van der Waals surface area contributed by atoms with Crippen molar-refractivity contribution < 1.29 is 9.53 Å². The summed E-state index contributed by atoms with van der Waals surface area (Å²) in [5, 5.41) is 3.53. The van der Waals surface area contributed by atoms with Crippen LogP contribution in [0.15, 0.2) is 0 Å². The molecule has 4 atom stereocenters. The minimum Gasteiger partial charge on any atom is -0.381 e. The number of amides is 1. The fraction of sp³-hybridized carbons (Fsp3) is 0.933. The van der Waals surface area contributed by atoms with Crippen LogP contribution < -0.4 is 5.32 Å². The highest BCUT2D eigenvalue weighted by Gasteiger charge is 2.44. The summed E-state index contributed by atoms with van der Waals surface area (Å²) >= 11 is 0. The number of nitrogens with zero attached hydrogens (tertiary/aromatic N) is 1. The Morgan fingerprint density at radius 1 is 1.42 bits per heavy atom. The van der Waals surface area contributed by atoms with E-state index >= 15 is 0 Å². The number of rotatable bonds is 5. The molecule has 19 heavy (non-hydrogen) atoms. The lowest BCUT2D eigenvalue weighted by Gasteiger charge is -2.35. The maximum absolute atomic E-state index is 12.6. The molecule has 2 aliphatic rings. The fourth-order valence-corrected chi connectivity index (χ4v) is 3.30. The molecule has 0 bridgehead atoms. The molecule has 4 heteroatoms. The van der Waals surface area contributed by atoms with Crippen molar-refractivity contribution in [2.24, 2.45) is 11.8 Å². The van der Waals surface area contributed by atoms with Crippen LogP contribution in [-0.4, -0.2) is 42.3 Å². The van der Waals surface area contributed by atoms with Crippen LogP contribution in [0.4, 0.5) is 0 Å². The minimum absolute atomic E-state index is 0.0159. The molecule has 0 saturated carbocycles. The maximum Gasteiger partial charge on any atom is 0.241 e. The first-order chi connectivity index (χ1) is 9.06. The maximum atomic E-state index is 12.6. The minimum atomic E-state index is 0.0159. The van der Waals surface area contributed by atoms with Crippen LogP contribution >= 0.6 is 0 Å². The molecule has 1 N–H and O–H groups in total. The molecule has 4 unspecified atom stereocenters. The monoisotopic (exact) mass is 268 g/mol. The third-order valence-corrected chi connectivity index (χ3v) is 4.52. The van der Waals surface area contributed by atoms with E-state index < -0.39 is 0 Å². The highest BCUT2D eigenvalue weighted by molar-refractivity contribution is 5.84. The van der Waals surface area contributed by atoms with E-state index in [1.807, 2.05) is 0 Å². The van der Waals surface area contributed by atoms with Crippen LogP contribution in [0.2, 0.25) is 0 Å². The Bertz CT molecular complexity index is 313. The Hall–Kier alpha value is -0.610. The van der Waals surface area contributed by atoms with Gasteiger partial charge in [-0.25, -0.2) is 0 Å². The van der Waals surface area contributed by atoms with Crippen LogP contribution in [0.1, 0.15) is 47.0 Å². The average molecular weight is 268 g/mol. The number of ether oxygens (including phenoxy) is 1. The van der Waals surface area contributed by atoms with E-state index in [1.54, 1.807) is 0 Å². The van der Waals surface area contributed by atoms with Gasteiger partial charge < -0.3 is 9.64 Å². The van der Waals surface area contributed by atoms with Gasteiger partial charge in [0.2, 0.25) is 5.91 Å². The Kier molecular flexibility index (Phi) is 4.85. The van der Waals surface area contributed by atoms with Crippen molar-refractivity contribution in [1.82, 2.24) is 10.2 Å². The van der Waals surface area contributed by atoms with Gasteiger partial charge in [0.15, 0.2) is 0 Å². The summed E-state index contributed by atoms with van der Waals surface area (Å²) in [5.41, 5.74) is 0. The van der Waals surface area contributed by atoms with Gasteiger partial charge >= 0.3 is 0 Å². The van der Waals surface area contributed by atoms with Crippen LogP contribution in [0.5, 0.6) is 0 Å². The Morgan fingerprint density at radius 2 is 2.16 bits per heavy atom. The second-order valence-electron chi connectivity index (χ2n) is 6.31. The summed E-state index contributed by atoms with van der Waals surface area (Å²) in [6.07, 6.45) is 3.24. The predicted molar refractivity (Wildman–Crippen MR) is 75.7 cm³/mol. The topological polar surface area (TPSA) is 41.6 Å². The normalized spacial score (nSPS) is 33.4. The van der Waals surface area contributed by atoms with Crippen molar-refractivity contribution in [3.05, 3.63) is 0 Å². The van der Waals surface area contributed by atoms with E-state index in [9.17, 15) is 4.79 Å². The molecule has 0 aromatic heterocycles. The van der Waals surface area contributed by atoms with Crippen molar-refractivity contribution in [3.63, 3.8) is 0 Å². The van der Waals surface area contributed by atoms with Gasteiger partial charge in [-0.2, -0.15) is 0 Å². The van der Waals surface area contributed by atoms with Gasteiger partial charge in [-0.05, 0) is 25.7 Å². The summed E-state index contributed by atoms with van der Waals surface area (Å²) in [4.78, 5) is 14.7. The lowest BCUT2D eigenvalue weighted by molar-refractivity contribution is -0.133. The second-order valence-corrected chi connectivity index (χ2v) is 6.31. The molecule has 2 aliphatic heterocycles. The third kappa shape index (κ3) is 2.95. The van der Waals surface area contributed by atoms with Gasteiger partial charge in [-0.15, -0.1) is 0 Å². The SMILES string of the molecule is CCCC1NC(C(C)C)N(C(C)C2CCOC2)C1=O. The number of nitrogens with one attached hydrogen (secondary N) is 1. The van der Waals surface area contributed by atoms with Crippen molar-refractivity contribution in [2.45, 2.75) is 65.2 Å². The van der Waals surface area contributed by atoms with E-state index in [-0.39, 0.29) is 18.2 Å². The summed E-state index contributed by atoms with van der Waals surface area (Å²) in [5.74, 6) is 1.22. The summed E-state index contributed by atoms with van der Waals surface area (Å²) in [6.45, 7) is 10.3. The van der Waals surface area contributed by atoms with Crippen molar-refractivity contribution >= 4 is 5.91 Å². The number of hydrogen-bond donors (Lipinski definition) is 1. The van der Waals surface area contributed by atoms with Gasteiger partial charge in [0.25, 0.3) is 0 Å². The molecule has 0 aromatic carbocycles. The van der Waals surface area contributed by atoms with E-state index in [0.29, 0.717) is 17.7 Å². The van der Waals surface area contributed by atoms with Crippen molar-refractivity contribution in [1.29, 1.82) is 0 Å². The van der Waals surface area contributed by atoms with Crippen LogP contribution in [0.25, 0.3) is 0 Å². The molecule has 0 aliphatic carbocycles. The molecule has 2 heterocycles. The molecule has 2 rings (SSSR count). The predicted octanol–water partition coefficient (Wildman–Crippen LogP) is 1.99. The van der Waals surface area contributed by atoms with Crippen molar-refractivity contribution in [3.8, 4) is 0 Å². The van der Waals surface area contributed by atoms with Gasteiger partial charge in [-0.3, -0.25) is 10.1 Å². The largest absolute Gasteiger partial charge is 0.381 e. The molecule has 1 amide bonds. The van der Waals surface area contributed by atoms with Gasteiger partial charge in [0.05, 0.1) is 18.8 Å². The van der Waals surface area contributed by atoms with E-state index in [0.717, 1.165) is 32.5 Å². The van der Waals surface area contributed by atoms with E-state index in [2.05, 4.69) is 37.9 Å². The Morgan fingerprint density at radius 3 is 2.68 bits per heavy atom. The third-order valence-electron chi connectivity index (χ3n) is 4.52. The first-order valence-electron chi connectivity index (χ1n) is 7.72. The zero-order chi connectivity index (χ0) is 14.0. The molecular formula is C15H28N2O2. The molecule has 110 valence electrons. The number of hydrogen-bond acceptors (Lipinski definition) is 3. The summed E-state index contributed by atoms with van der Waals surface area (Å²) < 4.78 is 5.48. The van der Waals surface area contributed by atoms with Crippen LogP contribution in [-0.2, 0) is 9.53 Å². The average Bonchev–Trinajstić information content (AvgIpc) is 2.98. The Balaban J connectivity index is 2.11. The van der Waals surface area contributed by atoms with Crippen LogP contribution in [0.3, 0.4) is 0 Å². The quantitative estimate of drug-likeness (QED) is 0.829. The molecule has 2 saturated heterocycles. The van der Waals surface area contributed by atoms with Crippen molar-refractivity contribution in [2.75, 3.05) is 13.2 Å². The standard InChI is InChI=1S/C15H28N2O2/c1-5-6-13-15(18)17(14(16-13)10(2)3)11(4)12-7-8-19-9-12/h10-14,16H,5-9H2,1-4H3.